The number of esters is 1. The molecule has 0 fully saturated rings. The maximum Gasteiger partial charge on any atom is 0.339 e. The highest BCUT2D eigenvalue weighted by Crippen LogP contribution is 2.26. The molecule has 0 N–H and O–H groups in total. The number of aromatic nitrogens is 3. The van der Waals surface area contributed by atoms with E-state index in [1.165, 1.54) is 23.8 Å². The third-order valence-corrected chi connectivity index (χ3v) is 5.60. The lowest BCUT2D eigenvalue weighted by Crippen LogP contribution is -2.29. The molecule has 0 unspecified atom stereocenters. The largest absolute Gasteiger partial charge is 0.465 e. The number of rotatable bonds is 6. The number of amides is 1. The molecule has 0 atom stereocenters. The Labute approximate surface area is 173 Å². The summed E-state index contributed by atoms with van der Waals surface area (Å²) in [6.07, 6.45) is 0. The van der Waals surface area contributed by atoms with Crippen LogP contribution in [0.2, 0.25) is 0 Å². The Morgan fingerprint density at radius 3 is 2.52 bits per heavy atom. The van der Waals surface area contributed by atoms with Gasteiger partial charge in [-0.1, -0.05) is 48.2 Å². The molecule has 3 rings (SSSR count). The first-order valence-corrected chi connectivity index (χ1v) is 9.94. The van der Waals surface area contributed by atoms with Crippen LogP contribution in [0.15, 0.2) is 53.7 Å². The highest BCUT2D eigenvalue weighted by atomic mass is 32.2. The van der Waals surface area contributed by atoms with Crippen molar-refractivity contribution >= 4 is 29.3 Å². The van der Waals surface area contributed by atoms with Crippen molar-refractivity contribution in [3.63, 3.8) is 0 Å². The van der Waals surface area contributed by atoms with Gasteiger partial charge in [-0.25, -0.2) is 4.79 Å². The lowest BCUT2D eigenvalue weighted by atomic mass is 10.1. The average Bonchev–Trinajstić information content (AvgIpc) is 3.11. The van der Waals surface area contributed by atoms with Gasteiger partial charge in [0.15, 0.2) is 11.0 Å². The minimum atomic E-state index is -0.482. The number of para-hydroxylation sites is 1. The molecule has 0 radical (unpaired) electrons. The molecular weight excluding hydrogens is 388 g/mol. The summed E-state index contributed by atoms with van der Waals surface area (Å²) in [5.74, 6) is 0.268. The normalized spacial score (nSPS) is 10.6. The molecule has 7 nitrogen and oxygen atoms in total. The van der Waals surface area contributed by atoms with Crippen LogP contribution in [0.1, 0.15) is 15.9 Å². The van der Waals surface area contributed by atoms with E-state index in [-0.39, 0.29) is 11.7 Å². The van der Waals surface area contributed by atoms with Crippen LogP contribution >= 0.6 is 11.8 Å². The van der Waals surface area contributed by atoms with Crippen molar-refractivity contribution < 1.29 is 14.3 Å². The third kappa shape index (κ3) is 4.32. The smallest absolute Gasteiger partial charge is 0.339 e. The van der Waals surface area contributed by atoms with Crippen LogP contribution in [0.3, 0.4) is 0 Å². The molecule has 3 aromatic rings. The molecule has 0 aliphatic rings. The third-order valence-electron chi connectivity index (χ3n) is 4.59. The van der Waals surface area contributed by atoms with Crippen molar-refractivity contribution in [2.45, 2.75) is 12.1 Å². The van der Waals surface area contributed by atoms with Crippen molar-refractivity contribution in [2.24, 2.45) is 7.05 Å². The van der Waals surface area contributed by atoms with Crippen LogP contribution in [0, 0.1) is 6.92 Å². The molecule has 0 aliphatic heterocycles. The Morgan fingerprint density at radius 1 is 1.10 bits per heavy atom. The maximum absolute atomic E-state index is 12.7. The Bertz CT molecular complexity index is 1050. The second-order valence-corrected chi connectivity index (χ2v) is 7.37. The molecule has 1 amide bonds. The zero-order valence-corrected chi connectivity index (χ0v) is 17.6. The fourth-order valence-electron chi connectivity index (χ4n) is 2.91. The van der Waals surface area contributed by atoms with Crippen molar-refractivity contribution in [3.05, 3.63) is 59.7 Å². The van der Waals surface area contributed by atoms with E-state index in [1.807, 2.05) is 42.8 Å². The molecule has 0 saturated carbocycles. The summed E-state index contributed by atoms with van der Waals surface area (Å²) >= 11 is 1.30. The fraction of sp³-hybridized carbons (Fsp3) is 0.238. The minimum Gasteiger partial charge on any atom is -0.465 e. The summed E-state index contributed by atoms with van der Waals surface area (Å²) < 4.78 is 6.68. The van der Waals surface area contributed by atoms with Crippen molar-refractivity contribution in [2.75, 3.05) is 24.8 Å². The number of nitrogens with zero attached hydrogens (tertiary/aromatic N) is 4. The van der Waals surface area contributed by atoms with E-state index in [0.717, 1.165) is 17.0 Å². The molecular formula is C21H22N4O3S. The summed E-state index contributed by atoms with van der Waals surface area (Å²) in [6.45, 7) is 2.02. The summed E-state index contributed by atoms with van der Waals surface area (Å²) in [6, 6.07) is 14.8. The van der Waals surface area contributed by atoms with Gasteiger partial charge in [0.05, 0.1) is 24.1 Å². The zero-order valence-electron chi connectivity index (χ0n) is 16.7. The number of methoxy groups -OCH3 is 1. The first kappa shape index (κ1) is 20.6. The number of hydrogen-bond donors (Lipinski definition) is 0. The molecule has 1 aromatic heterocycles. The van der Waals surface area contributed by atoms with E-state index < -0.39 is 5.97 Å². The van der Waals surface area contributed by atoms with Crippen LogP contribution in [-0.2, 0) is 16.6 Å². The quantitative estimate of drug-likeness (QED) is 0.458. The molecule has 8 heteroatoms. The van der Waals surface area contributed by atoms with E-state index in [4.69, 9.17) is 4.74 Å². The minimum absolute atomic E-state index is 0.158. The summed E-state index contributed by atoms with van der Waals surface area (Å²) in [4.78, 5) is 26.1. The van der Waals surface area contributed by atoms with Gasteiger partial charge in [-0.05, 0) is 24.6 Å². The summed E-state index contributed by atoms with van der Waals surface area (Å²) in [7, 11) is 4.84. The standard InChI is InChI=1S/C21H22N4O3S/c1-14-9-5-6-10-15(14)19-22-23-21(25(19)3)29-13-18(26)24(2)17-12-8-7-11-16(17)20(27)28-4/h5-12H,13H2,1-4H3. The average molecular weight is 410 g/mol. The van der Waals surface area contributed by atoms with Crippen molar-refractivity contribution in [1.82, 2.24) is 14.8 Å². The van der Waals surface area contributed by atoms with Crippen LogP contribution in [-0.4, -0.2) is 46.6 Å². The predicted molar refractivity (Wildman–Crippen MR) is 113 cm³/mol. The van der Waals surface area contributed by atoms with E-state index in [0.29, 0.717) is 16.4 Å². The number of ether oxygens (including phenoxy) is 1. The summed E-state index contributed by atoms with van der Waals surface area (Å²) in [5, 5.41) is 9.15. The Kier molecular flexibility index (Phi) is 6.33. The van der Waals surface area contributed by atoms with Gasteiger partial charge < -0.3 is 14.2 Å². The molecule has 29 heavy (non-hydrogen) atoms. The van der Waals surface area contributed by atoms with Crippen LogP contribution in [0.25, 0.3) is 11.4 Å². The highest BCUT2D eigenvalue weighted by molar-refractivity contribution is 7.99. The van der Waals surface area contributed by atoms with Gasteiger partial charge in [-0.3, -0.25) is 4.79 Å². The lowest BCUT2D eigenvalue weighted by Gasteiger charge is -2.19. The van der Waals surface area contributed by atoms with Gasteiger partial charge in [0.25, 0.3) is 0 Å². The van der Waals surface area contributed by atoms with Crippen molar-refractivity contribution in [1.29, 1.82) is 0 Å². The number of hydrogen-bond acceptors (Lipinski definition) is 6. The molecule has 2 aromatic carbocycles. The monoisotopic (exact) mass is 410 g/mol. The fourth-order valence-corrected chi connectivity index (χ4v) is 3.73. The number of carbonyl (C=O) groups excluding carboxylic acids is 2. The number of anilines is 1. The Balaban J connectivity index is 1.74. The van der Waals surface area contributed by atoms with Crippen LogP contribution < -0.4 is 4.90 Å². The van der Waals surface area contributed by atoms with E-state index in [1.54, 1.807) is 31.3 Å². The number of thioether (sulfide) groups is 1. The van der Waals surface area contributed by atoms with E-state index >= 15 is 0 Å². The molecule has 0 saturated heterocycles. The first-order valence-electron chi connectivity index (χ1n) is 8.96. The number of aryl methyl sites for hydroxylation is 1. The maximum atomic E-state index is 12.7. The second-order valence-electron chi connectivity index (χ2n) is 6.43. The molecule has 0 aliphatic carbocycles. The number of benzene rings is 2. The van der Waals surface area contributed by atoms with E-state index in [2.05, 4.69) is 10.2 Å². The molecule has 0 bridgehead atoms. The van der Waals surface area contributed by atoms with Gasteiger partial charge in [0.1, 0.15) is 0 Å². The molecule has 1 heterocycles. The topological polar surface area (TPSA) is 77.3 Å². The first-order chi connectivity index (χ1) is 13.9. The van der Waals surface area contributed by atoms with Crippen LogP contribution in [0.5, 0.6) is 0 Å². The second kappa shape index (κ2) is 8.91. The zero-order chi connectivity index (χ0) is 21.0. The van der Waals surface area contributed by atoms with Gasteiger partial charge in [0, 0.05) is 19.7 Å². The number of carbonyl (C=O) groups is 2. The van der Waals surface area contributed by atoms with Gasteiger partial charge in [0.2, 0.25) is 5.91 Å². The van der Waals surface area contributed by atoms with Gasteiger partial charge in [-0.2, -0.15) is 0 Å². The molecule has 150 valence electrons. The predicted octanol–water partition coefficient (Wildman–Crippen LogP) is 3.33. The lowest BCUT2D eigenvalue weighted by molar-refractivity contribution is -0.115. The Morgan fingerprint density at radius 2 is 1.79 bits per heavy atom. The van der Waals surface area contributed by atoms with Gasteiger partial charge >= 0.3 is 5.97 Å². The highest BCUT2D eigenvalue weighted by Gasteiger charge is 2.20. The van der Waals surface area contributed by atoms with E-state index in [9.17, 15) is 9.59 Å². The SMILES string of the molecule is COC(=O)c1ccccc1N(C)C(=O)CSc1nnc(-c2ccccc2C)n1C. The van der Waals surface area contributed by atoms with Crippen molar-refractivity contribution in [3.8, 4) is 11.4 Å². The summed E-state index contributed by atoms with van der Waals surface area (Å²) in [5.41, 5.74) is 2.96. The molecule has 0 spiro atoms. The van der Waals surface area contributed by atoms with Crippen LogP contribution in [0.4, 0.5) is 5.69 Å². The van der Waals surface area contributed by atoms with Gasteiger partial charge in [-0.15, -0.1) is 10.2 Å². The Hall–Kier alpha value is -3.13.